The molecule has 4 bridgehead atoms. The highest BCUT2D eigenvalue weighted by atomic mass is 35.5. The topological polar surface area (TPSA) is 167 Å². The highest BCUT2D eigenvalue weighted by molar-refractivity contribution is 6.35. The number of hydrogen-bond acceptors (Lipinski definition) is 10. The number of benzene rings is 1. The fraction of sp³-hybridized carbons (Fsp3) is 0.588. The van der Waals surface area contributed by atoms with E-state index >= 15 is 0 Å². The number of fused-ring (bicyclic) bond motifs is 5. The summed E-state index contributed by atoms with van der Waals surface area (Å²) in [6.45, 7) is 8.52. The molecular weight excluding hydrogens is 646 g/mol. The van der Waals surface area contributed by atoms with Gasteiger partial charge >= 0.3 is 12.1 Å². The number of allylic oxidation sites excluding steroid dienone is 3. The Kier molecular flexibility index (Phi) is 11.2. The Hall–Kier alpha value is -3.65. The summed E-state index contributed by atoms with van der Waals surface area (Å²) in [4.78, 5) is 55.0. The number of nitrogens with one attached hydrogen (secondary N) is 1. The molecule has 4 unspecified atom stereocenters. The zero-order valence-electron chi connectivity index (χ0n) is 28.6. The number of ether oxygens (including phenoxy) is 4. The van der Waals surface area contributed by atoms with Crippen LogP contribution in [0.4, 0.5) is 10.5 Å². The second-order valence-corrected chi connectivity index (χ2v) is 13.4. The van der Waals surface area contributed by atoms with Crippen LogP contribution in [0.25, 0.3) is 0 Å². The van der Waals surface area contributed by atoms with Crippen molar-refractivity contribution in [1.82, 2.24) is 10.2 Å². The molecule has 0 aromatic heterocycles. The lowest BCUT2D eigenvalue weighted by atomic mass is 9.83. The number of rotatable bonds is 5. The molecule has 2 fully saturated rings. The van der Waals surface area contributed by atoms with Crippen LogP contribution in [0.5, 0.6) is 5.75 Å². The Balaban J connectivity index is 1.77. The van der Waals surface area contributed by atoms with Gasteiger partial charge in [-0.2, -0.15) is 0 Å². The number of epoxide rings is 1. The predicted octanol–water partition coefficient (Wildman–Crippen LogP) is 3.27. The summed E-state index contributed by atoms with van der Waals surface area (Å²) in [5.41, 5.74) is -1.25. The second-order valence-electron chi connectivity index (χ2n) is 13.0. The molecule has 0 spiro atoms. The number of nitrogens with zero attached hydrogens (tertiary/aromatic N) is 2. The fourth-order valence-electron chi connectivity index (χ4n) is 6.21. The molecule has 3 N–H and O–H groups in total. The number of halogens is 1. The maximum absolute atomic E-state index is 14.0. The third kappa shape index (κ3) is 7.64. The highest BCUT2D eigenvalue weighted by Gasteiger charge is 2.64. The lowest BCUT2D eigenvalue weighted by Crippen LogP contribution is -2.63. The number of carbonyl (C=O) groups is 4. The van der Waals surface area contributed by atoms with Gasteiger partial charge in [-0.1, -0.05) is 49.2 Å². The van der Waals surface area contributed by atoms with Crippen molar-refractivity contribution >= 4 is 41.2 Å². The molecule has 0 saturated carbocycles. The summed E-state index contributed by atoms with van der Waals surface area (Å²) >= 11 is 6.69. The minimum Gasteiger partial charge on any atom is -0.495 e. The molecule has 3 aliphatic rings. The van der Waals surface area contributed by atoms with Crippen molar-refractivity contribution in [1.29, 1.82) is 0 Å². The largest absolute Gasteiger partial charge is 0.495 e. The lowest BCUT2D eigenvalue weighted by Gasteiger charge is -2.41. The average Bonchev–Trinajstić information content (AvgIpc) is 3.74. The second kappa shape index (κ2) is 14.5. The number of aliphatic hydroxyl groups excluding tert-OH is 1. The summed E-state index contributed by atoms with van der Waals surface area (Å²) < 4.78 is 23.2. The van der Waals surface area contributed by atoms with E-state index in [9.17, 15) is 29.4 Å². The van der Waals surface area contributed by atoms with Gasteiger partial charge in [0.2, 0.25) is 11.8 Å². The molecule has 1 aromatic rings. The number of carbonyl (C=O) groups excluding carboxylic acids is 4. The molecule has 48 heavy (non-hydrogen) atoms. The quantitative estimate of drug-likeness (QED) is 0.308. The molecule has 264 valence electrons. The molecule has 3 heterocycles. The Morgan fingerprint density at radius 1 is 1.29 bits per heavy atom. The van der Waals surface area contributed by atoms with Crippen LogP contribution >= 0.6 is 11.6 Å². The molecule has 14 heteroatoms. The van der Waals surface area contributed by atoms with Gasteiger partial charge in [0.15, 0.2) is 5.72 Å². The number of likely N-dealkylation sites (N-methyl/N-ethyl adjacent to an activating group) is 1. The van der Waals surface area contributed by atoms with Crippen molar-refractivity contribution in [3.8, 4) is 5.75 Å². The predicted molar refractivity (Wildman–Crippen MR) is 176 cm³/mol. The molecule has 3 amide bonds. The van der Waals surface area contributed by atoms with Crippen molar-refractivity contribution in [2.45, 2.75) is 102 Å². The van der Waals surface area contributed by atoms with Crippen LogP contribution in [0, 0.1) is 5.92 Å². The molecule has 8 atom stereocenters. The Morgan fingerprint density at radius 2 is 1.98 bits per heavy atom. The van der Waals surface area contributed by atoms with E-state index in [0.717, 1.165) is 11.1 Å². The standard InChI is InChI=1S/C34H46ClN3O10/c1-9-27(40)37(6)20(4)31(42)47-26-16-28(41)38(7)22-14-21(15-23(45-8)29(22)35)13-18(2)11-10-12-25(39)34(44)17-24(46-32(43)36-34)19(3)30-33(26,5)48-30/h10-12,14-15,19-20,24-26,30,39,44H,9,13,16-17H2,1-8H3,(H,36,43)/b12-10+,18-11+/t19?,20-,24?,25+,26+,30?,33?,34-/m0/s1. The minimum atomic E-state index is -2.05. The summed E-state index contributed by atoms with van der Waals surface area (Å²) in [6.07, 6.45) is -0.311. The van der Waals surface area contributed by atoms with Crippen molar-refractivity contribution in [3.63, 3.8) is 0 Å². The molecule has 0 radical (unpaired) electrons. The van der Waals surface area contributed by atoms with Crippen LogP contribution in [0.3, 0.4) is 0 Å². The van der Waals surface area contributed by atoms with Gasteiger partial charge in [-0.15, -0.1) is 0 Å². The Morgan fingerprint density at radius 3 is 2.62 bits per heavy atom. The number of methoxy groups -OCH3 is 1. The van der Waals surface area contributed by atoms with Gasteiger partial charge < -0.3 is 39.0 Å². The van der Waals surface area contributed by atoms with E-state index in [1.165, 1.54) is 37.0 Å². The van der Waals surface area contributed by atoms with E-state index in [4.69, 9.17) is 30.5 Å². The normalized spacial score (nSPS) is 33.2. The van der Waals surface area contributed by atoms with Crippen molar-refractivity contribution < 1.29 is 48.3 Å². The van der Waals surface area contributed by atoms with Gasteiger partial charge in [-0.3, -0.25) is 14.9 Å². The maximum atomic E-state index is 14.0. The fourth-order valence-corrected chi connectivity index (χ4v) is 6.52. The molecule has 1 aromatic carbocycles. The smallest absolute Gasteiger partial charge is 0.409 e. The van der Waals surface area contributed by atoms with Crippen molar-refractivity contribution in [2.24, 2.45) is 5.92 Å². The Labute approximate surface area is 285 Å². The monoisotopic (exact) mass is 691 g/mol. The van der Waals surface area contributed by atoms with E-state index in [1.54, 1.807) is 52.1 Å². The van der Waals surface area contributed by atoms with Crippen LogP contribution < -0.4 is 15.0 Å². The van der Waals surface area contributed by atoms with Crippen molar-refractivity contribution in [2.75, 3.05) is 26.1 Å². The summed E-state index contributed by atoms with van der Waals surface area (Å²) in [5, 5.41) is 24.9. The zero-order chi connectivity index (χ0) is 35.7. The van der Waals surface area contributed by atoms with E-state index in [2.05, 4.69) is 5.32 Å². The first-order valence-electron chi connectivity index (χ1n) is 16.0. The van der Waals surface area contributed by atoms with E-state index < -0.39 is 65.7 Å². The first-order chi connectivity index (χ1) is 22.4. The highest BCUT2D eigenvalue weighted by Crippen LogP contribution is 2.49. The molecular formula is C34H46ClN3O10. The summed E-state index contributed by atoms with van der Waals surface area (Å²) in [7, 11) is 4.53. The van der Waals surface area contributed by atoms with Gasteiger partial charge in [0.25, 0.3) is 0 Å². The molecule has 4 rings (SSSR count). The van der Waals surface area contributed by atoms with Gasteiger partial charge in [-0.25, -0.2) is 9.59 Å². The first kappa shape index (κ1) is 37.2. The average molecular weight is 692 g/mol. The van der Waals surface area contributed by atoms with Gasteiger partial charge in [-0.05, 0) is 44.9 Å². The minimum absolute atomic E-state index is 0.179. The van der Waals surface area contributed by atoms with Crippen LogP contribution in [0.15, 0.2) is 35.9 Å². The summed E-state index contributed by atoms with van der Waals surface area (Å²) in [5.74, 6) is -1.66. The number of hydrogen-bond donors (Lipinski definition) is 3. The zero-order valence-corrected chi connectivity index (χ0v) is 29.4. The van der Waals surface area contributed by atoms with Crippen LogP contribution in [-0.2, 0) is 35.0 Å². The number of alkyl carbamates (subject to hydrolysis) is 1. The number of anilines is 1. The number of amides is 3. The lowest BCUT2D eigenvalue weighted by molar-refractivity contribution is -0.162. The molecule has 13 nitrogen and oxygen atoms in total. The number of aliphatic hydroxyl groups is 2. The van der Waals surface area contributed by atoms with Crippen LogP contribution in [-0.4, -0.2) is 102 Å². The van der Waals surface area contributed by atoms with Crippen LogP contribution in [0.1, 0.15) is 59.4 Å². The Bertz CT molecular complexity index is 1500. The van der Waals surface area contributed by atoms with Crippen molar-refractivity contribution in [3.05, 3.63) is 46.5 Å². The number of esters is 1. The molecule has 3 aliphatic heterocycles. The third-order valence-corrected chi connectivity index (χ3v) is 9.98. The molecule has 2 saturated heterocycles. The van der Waals surface area contributed by atoms with E-state index in [-0.39, 0.29) is 30.2 Å². The van der Waals surface area contributed by atoms with Gasteiger partial charge in [0, 0.05) is 32.9 Å². The SMILES string of the molecule is CCC(=O)N(C)[C@@H](C)C(=O)O[C@@H]1CC(=O)N(C)c2cc(cc(OC)c2Cl)C/C(C)=C/C=C/[C@@H](O)[C@@]2(O)CC(OC(=O)N2)C(C)C2OC21C. The van der Waals surface area contributed by atoms with E-state index in [0.29, 0.717) is 17.9 Å². The maximum Gasteiger partial charge on any atom is 0.409 e. The van der Waals surface area contributed by atoms with Gasteiger partial charge in [0.1, 0.15) is 40.7 Å². The van der Waals surface area contributed by atoms with E-state index in [1.807, 2.05) is 6.92 Å². The summed E-state index contributed by atoms with van der Waals surface area (Å²) in [6, 6.07) is 2.57. The van der Waals surface area contributed by atoms with Crippen LogP contribution in [0.2, 0.25) is 5.02 Å². The van der Waals surface area contributed by atoms with Gasteiger partial charge in [0.05, 0.1) is 25.3 Å². The first-order valence-corrected chi connectivity index (χ1v) is 16.3. The third-order valence-electron chi connectivity index (χ3n) is 9.60. The molecule has 0 aliphatic carbocycles.